The van der Waals surface area contributed by atoms with Crippen LogP contribution in [0.15, 0.2) is 4.99 Å². The summed E-state index contributed by atoms with van der Waals surface area (Å²) < 4.78 is 22.5. The minimum absolute atomic E-state index is 0.104. The lowest BCUT2D eigenvalue weighted by Crippen LogP contribution is -2.33. The van der Waals surface area contributed by atoms with Gasteiger partial charge in [0.05, 0.1) is 13.2 Å². The molecule has 0 aromatic carbocycles. The summed E-state index contributed by atoms with van der Waals surface area (Å²) in [6.45, 7) is 5.67. The fourth-order valence-electron chi connectivity index (χ4n) is 1.60. The molecule has 0 fully saturated rings. The number of aliphatic imine (C=N–C) groups is 1. The fourth-order valence-corrected chi connectivity index (χ4v) is 3.16. The van der Waals surface area contributed by atoms with E-state index in [0.717, 1.165) is 11.3 Å². The van der Waals surface area contributed by atoms with Crippen LogP contribution in [0.4, 0.5) is 4.79 Å². The predicted molar refractivity (Wildman–Crippen MR) is 70.3 cm³/mol. The first-order valence-corrected chi connectivity index (χ1v) is 7.88. The number of carbonyl (C=O) groups excluding carboxylic acids is 2. The maximum atomic E-state index is 12.4. The van der Waals surface area contributed by atoms with E-state index in [2.05, 4.69) is 4.99 Å². The molecule has 108 valence electrons. The number of rotatable bonds is 8. The molecular formula is C11H19N2O5P. The summed E-state index contributed by atoms with van der Waals surface area (Å²) in [5, 5.41) is 0. The van der Waals surface area contributed by atoms with Crippen LogP contribution in [0.2, 0.25) is 0 Å². The van der Waals surface area contributed by atoms with E-state index < -0.39 is 25.0 Å². The summed E-state index contributed by atoms with van der Waals surface area (Å²) in [6.07, 6.45) is 1.51. The first kappa shape index (κ1) is 16.0. The second kappa shape index (κ2) is 6.93. The molecule has 0 unspecified atom stereocenters. The summed E-state index contributed by atoms with van der Waals surface area (Å²) in [5.74, 6) is -0.677. The molecule has 7 nitrogen and oxygen atoms in total. The van der Waals surface area contributed by atoms with Gasteiger partial charge < -0.3 is 9.05 Å². The highest BCUT2D eigenvalue weighted by Gasteiger charge is 2.45. The number of nitrogens with zero attached hydrogens (tertiary/aromatic N) is 2. The van der Waals surface area contributed by atoms with Gasteiger partial charge in [-0.15, -0.1) is 0 Å². The Morgan fingerprint density at radius 3 is 2.21 bits per heavy atom. The highest BCUT2D eigenvalue weighted by Crippen LogP contribution is 2.51. The minimum atomic E-state index is -3.79. The molecule has 8 heteroatoms. The average molecular weight is 290 g/mol. The van der Waals surface area contributed by atoms with Crippen LogP contribution in [0.1, 0.15) is 33.6 Å². The molecule has 1 rings (SSSR count). The summed E-state index contributed by atoms with van der Waals surface area (Å²) in [4.78, 5) is 28.2. The molecule has 3 amide bonds. The topological polar surface area (TPSA) is 85.3 Å². The van der Waals surface area contributed by atoms with Gasteiger partial charge in [-0.05, 0) is 20.3 Å². The Morgan fingerprint density at radius 2 is 1.74 bits per heavy atom. The zero-order valence-electron chi connectivity index (χ0n) is 11.4. The van der Waals surface area contributed by atoms with E-state index in [1.807, 2.05) is 6.92 Å². The second-order valence-electron chi connectivity index (χ2n) is 3.86. The molecule has 0 spiro atoms. The fraction of sp³-hybridized carbons (Fsp3) is 0.727. The van der Waals surface area contributed by atoms with E-state index in [1.54, 1.807) is 13.8 Å². The standard InChI is InChI=1S/C11H19N2O5P/c1-4-7-8-13-10(14)9(12-11(13)15)19(16,17-5-2)18-6-3/h4-8H2,1-3H3. The van der Waals surface area contributed by atoms with Crippen molar-refractivity contribution in [2.75, 3.05) is 19.8 Å². The Hall–Kier alpha value is -1.04. The first-order valence-electron chi connectivity index (χ1n) is 6.34. The van der Waals surface area contributed by atoms with Gasteiger partial charge in [-0.2, -0.15) is 4.99 Å². The molecule has 1 heterocycles. The largest absolute Gasteiger partial charge is 0.385 e. The van der Waals surface area contributed by atoms with Crippen LogP contribution in [-0.4, -0.2) is 42.0 Å². The van der Waals surface area contributed by atoms with Crippen LogP contribution in [0.5, 0.6) is 0 Å². The maximum Gasteiger partial charge on any atom is 0.385 e. The molecular weight excluding hydrogens is 271 g/mol. The van der Waals surface area contributed by atoms with Crippen LogP contribution < -0.4 is 0 Å². The van der Waals surface area contributed by atoms with Crippen LogP contribution in [0, 0.1) is 0 Å². The number of imide groups is 1. The third kappa shape index (κ3) is 3.49. The van der Waals surface area contributed by atoms with Crippen molar-refractivity contribution in [1.82, 2.24) is 4.90 Å². The molecule has 0 saturated carbocycles. The lowest BCUT2D eigenvalue weighted by atomic mass is 10.3. The quantitative estimate of drug-likeness (QED) is 0.641. The Labute approximate surface area is 112 Å². The van der Waals surface area contributed by atoms with Gasteiger partial charge in [-0.3, -0.25) is 14.3 Å². The van der Waals surface area contributed by atoms with Gasteiger partial charge in [0, 0.05) is 6.54 Å². The lowest BCUT2D eigenvalue weighted by molar-refractivity contribution is -0.120. The smallest absolute Gasteiger partial charge is 0.304 e. The normalized spacial score (nSPS) is 16.2. The number of unbranched alkanes of at least 4 members (excludes halogenated alkanes) is 1. The molecule has 0 aromatic heterocycles. The average Bonchev–Trinajstić information content (AvgIpc) is 2.64. The number of amides is 3. The van der Waals surface area contributed by atoms with Crippen LogP contribution in [0.25, 0.3) is 0 Å². The second-order valence-corrected chi connectivity index (χ2v) is 5.80. The Bertz CT molecular complexity index is 425. The van der Waals surface area contributed by atoms with Crippen molar-refractivity contribution >= 4 is 25.0 Å². The molecule has 0 radical (unpaired) electrons. The summed E-state index contributed by atoms with van der Waals surface area (Å²) >= 11 is 0. The maximum absolute atomic E-state index is 12.4. The van der Waals surface area contributed by atoms with Gasteiger partial charge in [-0.25, -0.2) is 4.79 Å². The van der Waals surface area contributed by atoms with Crippen LogP contribution in [0.3, 0.4) is 0 Å². The molecule has 0 saturated heterocycles. The van der Waals surface area contributed by atoms with Crippen molar-refractivity contribution in [1.29, 1.82) is 0 Å². The summed E-state index contributed by atoms with van der Waals surface area (Å²) in [7, 11) is -3.79. The molecule has 19 heavy (non-hydrogen) atoms. The van der Waals surface area contributed by atoms with E-state index in [4.69, 9.17) is 9.05 Å². The molecule has 1 aliphatic heterocycles. The summed E-state index contributed by atoms with van der Waals surface area (Å²) in [5.41, 5.74) is -0.405. The zero-order valence-corrected chi connectivity index (χ0v) is 12.3. The van der Waals surface area contributed by atoms with E-state index in [9.17, 15) is 14.2 Å². The number of hydrogen-bond donors (Lipinski definition) is 0. The molecule has 0 aromatic rings. The van der Waals surface area contributed by atoms with Crippen LogP contribution in [-0.2, 0) is 18.4 Å². The first-order chi connectivity index (χ1) is 9.00. The van der Waals surface area contributed by atoms with Crippen molar-refractivity contribution in [3.8, 4) is 0 Å². The van der Waals surface area contributed by atoms with Crippen LogP contribution >= 0.6 is 7.60 Å². The summed E-state index contributed by atoms with van der Waals surface area (Å²) in [6, 6.07) is -0.701. The Kier molecular flexibility index (Phi) is 5.85. The molecule has 0 aliphatic carbocycles. The monoisotopic (exact) mass is 290 g/mol. The van der Waals surface area contributed by atoms with Gasteiger partial charge in [0.1, 0.15) is 0 Å². The van der Waals surface area contributed by atoms with Crippen molar-refractivity contribution < 1.29 is 23.2 Å². The minimum Gasteiger partial charge on any atom is -0.304 e. The number of carbonyl (C=O) groups is 2. The molecule has 0 atom stereocenters. The Balaban J connectivity index is 2.94. The van der Waals surface area contributed by atoms with Gasteiger partial charge in [0.15, 0.2) is 0 Å². The lowest BCUT2D eigenvalue weighted by Gasteiger charge is -2.17. The van der Waals surface area contributed by atoms with Gasteiger partial charge >= 0.3 is 13.6 Å². The van der Waals surface area contributed by atoms with E-state index in [1.165, 1.54) is 0 Å². The van der Waals surface area contributed by atoms with Crippen molar-refractivity contribution in [2.24, 2.45) is 4.99 Å². The van der Waals surface area contributed by atoms with E-state index in [0.29, 0.717) is 6.42 Å². The number of urea groups is 1. The predicted octanol–water partition coefficient (Wildman–Crippen LogP) is 2.41. The third-order valence-corrected chi connectivity index (χ3v) is 4.47. The van der Waals surface area contributed by atoms with Gasteiger partial charge in [-0.1, -0.05) is 13.3 Å². The van der Waals surface area contributed by atoms with Gasteiger partial charge in [0.25, 0.3) is 5.91 Å². The van der Waals surface area contributed by atoms with Crippen molar-refractivity contribution in [3.05, 3.63) is 0 Å². The highest BCUT2D eigenvalue weighted by atomic mass is 31.2. The molecule has 1 aliphatic rings. The molecule has 0 bridgehead atoms. The number of hydrogen-bond acceptors (Lipinski definition) is 5. The Morgan fingerprint density at radius 1 is 1.16 bits per heavy atom. The van der Waals surface area contributed by atoms with Crippen molar-refractivity contribution in [2.45, 2.75) is 33.6 Å². The highest BCUT2D eigenvalue weighted by molar-refractivity contribution is 7.75. The van der Waals surface area contributed by atoms with Gasteiger partial charge in [0.2, 0.25) is 5.45 Å². The van der Waals surface area contributed by atoms with E-state index in [-0.39, 0.29) is 19.8 Å². The zero-order chi connectivity index (χ0) is 14.5. The van der Waals surface area contributed by atoms with Crippen molar-refractivity contribution in [3.63, 3.8) is 0 Å². The SMILES string of the molecule is CCCCN1C(=O)N=C(P(=O)(OCC)OCC)C1=O. The molecule has 0 N–H and O–H groups in total. The third-order valence-electron chi connectivity index (χ3n) is 2.46. The van der Waals surface area contributed by atoms with E-state index >= 15 is 0 Å².